The first-order valence-corrected chi connectivity index (χ1v) is 7.94. The SMILES string of the molecule is CCN(Cc1ccc(C(=O)NC2CCNC2)cc1)C(C)C. The molecule has 1 aromatic rings. The molecule has 2 rings (SSSR count). The number of hydrogen-bond donors (Lipinski definition) is 2. The van der Waals surface area contributed by atoms with Crippen LogP contribution in [0.25, 0.3) is 0 Å². The number of carbonyl (C=O) groups excluding carboxylic acids is 1. The maximum atomic E-state index is 12.1. The molecule has 2 N–H and O–H groups in total. The number of amides is 1. The topological polar surface area (TPSA) is 44.4 Å². The van der Waals surface area contributed by atoms with Crippen molar-refractivity contribution in [2.75, 3.05) is 19.6 Å². The summed E-state index contributed by atoms with van der Waals surface area (Å²) in [5, 5.41) is 6.33. The van der Waals surface area contributed by atoms with Gasteiger partial charge in [-0.1, -0.05) is 19.1 Å². The Morgan fingerprint density at radius 2 is 2.10 bits per heavy atom. The van der Waals surface area contributed by atoms with Gasteiger partial charge in [0, 0.05) is 30.7 Å². The van der Waals surface area contributed by atoms with Gasteiger partial charge in [-0.25, -0.2) is 0 Å². The normalized spacial score (nSPS) is 18.4. The van der Waals surface area contributed by atoms with Crippen LogP contribution in [0.1, 0.15) is 43.1 Å². The van der Waals surface area contributed by atoms with Gasteiger partial charge >= 0.3 is 0 Å². The van der Waals surface area contributed by atoms with Gasteiger partial charge in [0.25, 0.3) is 5.91 Å². The molecule has 0 radical (unpaired) electrons. The van der Waals surface area contributed by atoms with Crippen LogP contribution in [0.3, 0.4) is 0 Å². The number of rotatable bonds is 6. The number of nitrogens with zero attached hydrogens (tertiary/aromatic N) is 1. The summed E-state index contributed by atoms with van der Waals surface area (Å²) >= 11 is 0. The first kappa shape index (κ1) is 16.0. The molecule has 1 aliphatic rings. The molecule has 0 spiro atoms. The number of benzene rings is 1. The molecule has 4 nitrogen and oxygen atoms in total. The fraction of sp³-hybridized carbons (Fsp3) is 0.588. The lowest BCUT2D eigenvalue weighted by molar-refractivity contribution is 0.0940. The van der Waals surface area contributed by atoms with Gasteiger partial charge in [0.1, 0.15) is 0 Å². The molecule has 0 saturated carbocycles. The predicted molar refractivity (Wildman–Crippen MR) is 86.4 cm³/mol. The van der Waals surface area contributed by atoms with E-state index >= 15 is 0 Å². The molecule has 1 saturated heterocycles. The Morgan fingerprint density at radius 3 is 2.62 bits per heavy atom. The van der Waals surface area contributed by atoms with Crippen LogP contribution in [0.15, 0.2) is 24.3 Å². The summed E-state index contributed by atoms with van der Waals surface area (Å²) in [6, 6.07) is 8.80. The van der Waals surface area contributed by atoms with Crippen LogP contribution in [0.5, 0.6) is 0 Å². The van der Waals surface area contributed by atoms with Crippen LogP contribution >= 0.6 is 0 Å². The Morgan fingerprint density at radius 1 is 1.38 bits per heavy atom. The summed E-state index contributed by atoms with van der Waals surface area (Å²) in [7, 11) is 0. The minimum Gasteiger partial charge on any atom is -0.348 e. The predicted octanol–water partition coefficient (Wildman–Crippen LogP) is 2.01. The average molecular weight is 289 g/mol. The zero-order chi connectivity index (χ0) is 15.2. The molecule has 1 aromatic carbocycles. The highest BCUT2D eigenvalue weighted by Gasteiger charge is 2.17. The van der Waals surface area contributed by atoms with Gasteiger partial charge in [0.05, 0.1) is 0 Å². The Balaban J connectivity index is 1.93. The summed E-state index contributed by atoms with van der Waals surface area (Å²) in [4.78, 5) is 14.6. The Bertz CT molecular complexity index is 450. The van der Waals surface area contributed by atoms with Gasteiger partial charge in [-0.3, -0.25) is 9.69 Å². The molecule has 1 atom stereocenters. The van der Waals surface area contributed by atoms with E-state index in [0.717, 1.165) is 38.2 Å². The van der Waals surface area contributed by atoms with Crippen molar-refractivity contribution in [3.8, 4) is 0 Å². The summed E-state index contributed by atoms with van der Waals surface area (Å²) in [6.45, 7) is 10.4. The van der Waals surface area contributed by atoms with Crippen molar-refractivity contribution in [2.45, 2.75) is 45.8 Å². The zero-order valence-corrected chi connectivity index (χ0v) is 13.4. The van der Waals surface area contributed by atoms with Crippen molar-refractivity contribution >= 4 is 5.91 Å². The van der Waals surface area contributed by atoms with E-state index < -0.39 is 0 Å². The van der Waals surface area contributed by atoms with E-state index in [1.807, 2.05) is 12.1 Å². The van der Waals surface area contributed by atoms with E-state index in [1.165, 1.54) is 5.56 Å². The van der Waals surface area contributed by atoms with Gasteiger partial charge in [0.15, 0.2) is 0 Å². The molecule has 0 aromatic heterocycles. The Kier molecular flexibility index (Phi) is 5.76. The molecule has 0 bridgehead atoms. The highest BCUT2D eigenvalue weighted by Crippen LogP contribution is 2.10. The monoisotopic (exact) mass is 289 g/mol. The minimum atomic E-state index is 0.0338. The van der Waals surface area contributed by atoms with Crippen LogP contribution < -0.4 is 10.6 Å². The smallest absolute Gasteiger partial charge is 0.251 e. The fourth-order valence-electron chi connectivity index (χ4n) is 2.70. The van der Waals surface area contributed by atoms with E-state index in [9.17, 15) is 4.79 Å². The second-order valence-electron chi connectivity index (χ2n) is 6.02. The largest absolute Gasteiger partial charge is 0.348 e. The Labute approximate surface area is 127 Å². The zero-order valence-electron chi connectivity index (χ0n) is 13.4. The van der Waals surface area contributed by atoms with E-state index in [-0.39, 0.29) is 11.9 Å². The summed E-state index contributed by atoms with van der Waals surface area (Å²) < 4.78 is 0. The summed E-state index contributed by atoms with van der Waals surface area (Å²) in [6.07, 6.45) is 1.02. The first-order valence-electron chi connectivity index (χ1n) is 7.94. The van der Waals surface area contributed by atoms with Crippen LogP contribution in [-0.4, -0.2) is 42.5 Å². The third kappa shape index (κ3) is 4.55. The maximum Gasteiger partial charge on any atom is 0.251 e. The molecule has 21 heavy (non-hydrogen) atoms. The van der Waals surface area contributed by atoms with Crippen molar-refractivity contribution < 1.29 is 4.79 Å². The van der Waals surface area contributed by atoms with E-state index in [4.69, 9.17) is 0 Å². The second-order valence-corrected chi connectivity index (χ2v) is 6.02. The summed E-state index contributed by atoms with van der Waals surface area (Å²) in [5.41, 5.74) is 2.00. The molecule has 1 heterocycles. The van der Waals surface area contributed by atoms with E-state index in [1.54, 1.807) is 0 Å². The van der Waals surface area contributed by atoms with Crippen molar-refractivity contribution in [3.05, 3.63) is 35.4 Å². The average Bonchev–Trinajstić information content (AvgIpc) is 2.98. The van der Waals surface area contributed by atoms with Gasteiger partial charge in [-0.15, -0.1) is 0 Å². The fourth-order valence-corrected chi connectivity index (χ4v) is 2.70. The molecule has 116 valence electrons. The third-order valence-corrected chi connectivity index (χ3v) is 4.13. The van der Waals surface area contributed by atoms with E-state index in [2.05, 4.69) is 48.4 Å². The quantitative estimate of drug-likeness (QED) is 0.842. The molecule has 1 fully saturated rings. The number of carbonyl (C=O) groups is 1. The van der Waals surface area contributed by atoms with Crippen molar-refractivity contribution in [1.29, 1.82) is 0 Å². The second kappa shape index (κ2) is 7.57. The van der Waals surface area contributed by atoms with Gasteiger partial charge < -0.3 is 10.6 Å². The maximum absolute atomic E-state index is 12.1. The lowest BCUT2D eigenvalue weighted by Gasteiger charge is -2.24. The van der Waals surface area contributed by atoms with Crippen molar-refractivity contribution in [3.63, 3.8) is 0 Å². The molecular weight excluding hydrogens is 262 g/mol. The first-order chi connectivity index (χ1) is 10.1. The van der Waals surface area contributed by atoms with Gasteiger partial charge in [0.2, 0.25) is 0 Å². The minimum absolute atomic E-state index is 0.0338. The van der Waals surface area contributed by atoms with Crippen LogP contribution in [0.2, 0.25) is 0 Å². The van der Waals surface area contributed by atoms with Crippen molar-refractivity contribution in [1.82, 2.24) is 15.5 Å². The van der Waals surface area contributed by atoms with Gasteiger partial charge in [-0.2, -0.15) is 0 Å². The Hall–Kier alpha value is -1.39. The lowest BCUT2D eigenvalue weighted by Crippen LogP contribution is -2.36. The van der Waals surface area contributed by atoms with Crippen LogP contribution in [0.4, 0.5) is 0 Å². The van der Waals surface area contributed by atoms with Crippen LogP contribution in [-0.2, 0) is 6.54 Å². The molecule has 1 aliphatic heterocycles. The molecule has 1 amide bonds. The molecular formula is C17H27N3O. The molecule has 0 aliphatic carbocycles. The number of nitrogens with one attached hydrogen (secondary N) is 2. The van der Waals surface area contributed by atoms with Crippen molar-refractivity contribution in [2.24, 2.45) is 0 Å². The standard InChI is InChI=1S/C17H27N3O/c1-4-20(13(2)3)12-14-5-7-15(8-6-14)17(21)19-16-9-10-18-11-16/h5-8,13,16,18H,4,9-12H2,1-3H3,(H,19,21). The number of hydrogen-bond acceptors (Lipinski definition) is 3. The van der Waals surface area contributed by atoms with Crippen LogP contribution in [0, 0.1) is 0 Å². The lowest BCUT2D eigenvalue weighted by atomic mass is 10.1. The molecule has 1 unspecified atom stereocenters. The van der Waals surface area contributed by atoms with Gasteiger partial charge in [-0.05, 0) is 51.1 Å². The third-order valence-electron chi connectivity index (χ3n) is 4.13. The summed E-state index contributed by atoms with van der Waals surface area (Å²) in [5.74, 6) is 0.0338. The molecule has 4 heteroatoms. The van der Waals surface area contributed by atoms with E-state index in [0.29, 0.717) is 6.04 Å². The highest BCUT2D eigenvalue weighted by atomic mass is 16.1. The highest BCUT2D eigenvalue weighted by molar-refractivity contribution is 5.94.